The monoisotopic (exact) mass is 568 g/mol. The molecule has 8 nitrogen and oxygen atoms in total. The number of nitrogens with zero attached hydrogens (tertiary/aromatic N) is 2. The van der Waals surface area contributed by atoms with Gasteiger partial charge < -0.3 is 29.9 Å². The maximum Gasteiger partial charge on any atom is 0.251 e. The predicted octanol–water partition coefficient (Wildman–Crippen LogP) is 4.37. The second-order valence-corrected chi connectivity index (χ2v) is 11.0. The molecular formula is C34H40N4O4. The second kappa shape index (κ2) is 13.2. The zero-order chi connectivity index (χ0) is 29.6. The summed E-state index contributed by atoms with van der Waals surface area (Å²) in [5, 5.41) is 18.7. The molecule has 2 heterocycles. The average molecular weight is 569 g/mol. The van der Waals surface area contributed by atoms with Gasteiger partial charge in [-0.3, -0.25) is 9.59 Å². The molecule has 4 aromatic rings. The Morgan fingerprint density at radius 3 is 2.57 bits per heavy atom. The molecule has 220 valence electrons. The number of methoxy groups -OCH3 is 1. The molecular weight excluding hydrogens is 528 g/mol. The SMILES string of the molecule is CCc1cn(C)c2c(N3CCCC3=O)cc(C(=O)N[C@@H](Cc3ccccc3)[C@@H](O)CNCc3cccc(OC)c3)cc12. The standard InChI is InChI=1S/C34H40N4O4/c1-4-25-22-37(2)33-28(25)18-26(19-30(33)38-15-9-14-32(38)40)34(41)36-29(17-23-10-6-5-7-11-23)31(39)21-35-20-24-12-8-13-27(16-24)42-3/h5-8,10-13,16,18-19,22,29,31,35,39H,4,9,14-15,17,20-21H2,1-3H3,(H,36,41)/t29-,31-/m0/s1. The second-order valence-electron chi connectivity index (χ2n) is 11.0. The molecule has 8 heteroatoms. The molecule has 42 heavy (non-hydrogen) atoms. The minimum Gasteiger partial charge on any atom is -0.497 e. The number of aryl methyl sites for hydroxylation is 2. The summed E-state index contributed by atoms with van der Waals surface area (Å²) in [5.74, 6) is 0.580. The Morgan fingerprint density at radius 2 is 1.86 bits per heavy atom. The number of ether oxygens (including phenoxy) is 1. The molecule has 1 aliphatic rings. The quantitative estimate of drug-likeness (QED) is 0.236. The van der Waals surface area contributed by atoms with Crippen LogP contribution < -0.4 is 20.3 Å². The van der Waals surface area contributed by atoms with E-state index in [0.717, 1.165) is 51.9 Å². The zero-order valence-electron chi connectivity index (χ0n) is 24.6. The van der Waals surface area contributed by atoms with Gasteiger partial charge in [0.2, 0.25) is 5.91 Å². The average Bonchev–Trinajstić information content (AvgIpc) is 3.59. The van der Waals surface area contributed by atoms with E-state index in [1.807, 2.05) is 78.3 Å². The summed E-state index contributed by atoms with van der Waals surface area (Å²) in [7, 11) is 3.62. The fourth-order valence-electron chi connectivity index (χ4n) is 5.82. The summed E-state index contributed by atoms with van der Waals surface area (Å²) in [6, 6.07) is 20.8. The third-order valence-electron chi connectivity index (χ3n) is 8.04. The van der Waals surface area contributed by atoms with E-state index in [1.165, 1.54) is 0 Å². The number of nitrogens with one attached hydrogen (secondary N) is 2. The van der Waals surface area contributed by atoms with E-state index in [-0.39, 0.29) is 11.8 Å². The number of hydrogen-bond donors (Lipinski definition) is 3. The van der Waals surface area contributed by atoms with Crippen LogP contribution in [0.25, 0.3) is 10.9 Å². The lowest BCUT2D eigenvalue weighted by molar-refractivity contribution is -0.117. The lowest BCUT2D eigenvalue weighted by Gasteiger charge is -2.25. The number of aliphatic hydroxyl groups is 1. The predicted molar refractivity (Wildman–Crippen MR) is 166 cm³/mol. The molecule has 0 spiro atoms. The maximum atomic E-state index is 13.8. The van der Waals surface area contributed by atoms with Gasteiger partial charge in [-0.2, -0.15) is 0 Å². The van der Waals surface area contributed by atoms with Crippen molar-refractivity contribution in [3.8, 4) is 5.75 Å². The van der Waals surface area contributed by atoms with Gasteiger partial charge in [0.15, 0.2) is 0 Å². The zero-order valence-corrected chi connectivity index (χ0v) is 24.6. The number of anilines is 1. The van der Waals surface area contributed by atoms with E-state index in [0.29, 0.717) is 38.0 Å². The molecule has 1 aromatic heterocycles. The molecule has 1 saturated heterocycles. The Bertz CT molecular complexity index is 1550. The van der Waals surface area contributed by atoms with E-state index in [9.17, 15) is 14.7 Å². The van der Waals surface area contributed by atoms with Crippen molar-refractivity contribution in [3.05, 3.63) is 95.2 Å². The van der Waals surface area contributed by atoms with Crippen LogP contribution in [-0.2, 0) is 31.2 Å². The maximum absolute atomic E-state index is 13.8. The van der Waals surface area contributed by atoms with Crippen LogP contribution in [0.15, 0.2) is 72.9 Å². The normalized spacial score (nSPS) is 14.8. The van der Waals surface area contributed by atoms with Crippen LogP contribution in [0.1, 0.15) is 46.8 Å². The summed E-state index contributed by atoms with van der Waals surface area (Å²) in [6.07, 6.45) is 3.83. The molecule has 1 aliphatic heterocycles. The fourth-order valence-corrected chi connectivity index (χ4v) is 5.82. The van der Waals surface area contributed by atoms with E-state index < -0.39 is 12.1 Å². The van der Waals surface area contributed by atoms with E-state index in [2.05, 4.69) is 23.8 Å². The van der Waals surface area contributed by atoms with Crippen molar-refractivity contribution in [2.24, 2.45) is 7.05 Å². The van der Waals surface area contributed by atoms with Crippen LogP contribution in [0.2, 0.25) is 0 Å². The molecule has 0 radical (unpaired) electrons. The van der Waals surface area contributed by atoms with Gasteiger partial charge >= 0.3 is 0 Å². The molecule has 2 amide bonds. The molecule has 0 aliphatic carbocycles. The lowest BCUT2D eigenvalue weighted by atomic mass is 9.99. The minimum atomic E-state index is -0.842. The van der Waals surface area contributed by atoms with Gasteiger partial charge in [0.1, 0.15) is 5.75 Å². The first-order chi connectivity index (χ1) is 20.4. The van der Waals surface area contributed by atoms with E-state index in [1.54, 1.807) is 12.0 Å². The molecule has 2 atom stereocenters. The number of carbonyl (C=O) groups excluding carboxylic acids is 2. The van der Waals surface area contributed by atoms with E-state index in [4.69, 9.17) is 4.74 Å². The van der Waals surface area contributed by atoms with Crippen LogP contribution in [0.5, 0.6) is 5.75 Å². The van der Waals surface area contributed by atoms with Crippen LogP contribution >= 0.6 is 0 Å². The van der Waals surface area contributed by atoms with Gasteiger partial charge in [-0.05, 0) is 60.2 Å². The number of hydrogen-bond acceptors (Lipinski definition) is 5. The number of benzene rings is 3. The number of aliphatic hydroxyl groups excluding tert-OH is 1. The van der Waals surface area contributed by atoms with Gasteiger partial charge in [-0.25, -0.2) is 0 Å². The highest BCUT2D eigenvalue weighted by atomic mass is 16.5. The van der Waals surface area contributed by atoms with Crippen molar-refractivity contribution in [1.29, 1.82) is 0 Å². The van der Waals surface area contributed by atoms with Crippen LogP contribution in [0, 0.1) is 0 Å². The van der Waals surface area contributed by atoms with Gasteiger partial charge in [0, 0.05) is 50.2 Å². The summed E-state index contributed by atoms with van der Waals surface area (Å²) < 4.78 is 7.36. The minimum absolute atomic E-state index is 0.0765. The fraction of sp³-hybridized carbons (Fsp3) is 0.353. The van der Waals surface area contributed by atoms with Gasteiger partial charge in [-0.15, -0.1) is 0 Å². The number of carbonyl (C=O) groups is 2. The Balaban J connectivity index is 1.39. The highest BCUT2D eigenvalue weighted by Gasteiger charge is 2.28. The largest absolute Gasteiger partial charge is 0.497 e. The van der Waals surface area contributed by atoms with Crippen molar-refractivity contribution < 1.29 is 19.4 Å². The van der Waals surface area contributed by atoms with Crippen molar-refractivity contribution in [1.82, 2.24) is 15.2 Å². The van der Waals surface area contributed by atoms with Crippen molar-refractivity contribution in [2.75, 3.05) is 25.1 Å². The molecule has 0 bridgehead atoms. The number of aromatic nitrogens is 1. The smallest absolute Gasteiger partial charge is 0.251 e. The molecule has 3 aromatic carbocycles. The Labute approximate surface area is 247 Å². The third kappa shape index (κ3) is 6.50. The highest BCUT2D eigenvalue weighted by molar-refractivity contribution is 6.08. The summed E-state index contributed by atoms with van der Waals surface area (Å²) >= 11 is 0. The van der Waals surface area contributed by atoms with Crippen LogP contribution in [0.4, 0.5) is 5.69 Å². The molecule has 0 unspecified atom stereocenters. The van der Waals surface area contributed by atoms with E-state index >= 15 is 0 Å². The Kier molecular flexibility index (Phi) is 9.25. The summed E-state index contributed by atoms with van der Waals surface area (Å²) in [4.78, 5) is 28.4. The Morgan fingerprint density at radius 1 is 1.07 bits per heavy atom. The topological polar surface area (TPSA) is 95.8 Å². The molecule has 3 N–H and O–H groups in total. The summed E-state index contributed by atoms with van der Waals surface area (Å²) in [5.41, 5.74) is 5.39. The third-order valence-corrected chi connectivity index (χ3v) is 8.04. The number of fused-ring (bicyclic) bond motifs is 1. The Hall–Kier alpha value is -4.14. The van der Waals surface area contributed by atoms with Gasteiger partial charge in [0.25, 0.3) is 5.91 Å². The van der Waals surface area contributed by atoms with Crippen LogP contribution in [-0.4, -0.2) is 53.8 Å². The van der Waals surface area contributed by atoms with Crippen molar-refractivity contribution >= 4 is 28.4 Å². The van der Waals surface area contributed by atoms with Gasteiger partial charge in [-0.1, -0.05) is 49.4 Å². The van der Waals surface area contributed by atoms with Crippen LogP contribution in [0.3, 0.4) is 0 Å². The number of amides is 2. The van der Waals surface area contributed by atoms with Crippen molar-refractivity contribution in [3.63, 3.8) is 0 Å². The summed E-state index contributed by atoms with van der Waals surface area (Å²) in [6.45, 7) is 3.57. The number of rotatable bonds is 12. The molecule has 5 rings (SSSR count). The van der Waals surface area contributed by atoms with Gasteiger partial charge in [0.05, 0.1) is 30.5 Å². The van der Waals surface area contributed by atoms with Crippen molar-refractivity contribution in [2.45, 2.75) is 51.3 Å². The molecule has 1 fully saturated rings. The first-order valence-electron chi connectivity index (χ1n) is 14.7. The lowest BCUT2D eigenvalue weighted by Crippen LogP contribution is -2.48. The first kappa shape index (κ1) is 29.4. The molecule has 0 saturated carbocycles. The highest BCUT2D eigenvalue weighted by Crippen LogP contribution is 2.34. The first-order valence-corrected chi connectivity index (χ1v) is 14.7.